The number of amides is 1. The molecule has 0 aromatic carbocycles. The van der Waals surface area contributed by atoms with Crippen LogP contribution in [0.15, 0.2) is 30.7 Å². The Balaban J connectivity index is 1.97. The van der Waals surface area contributed by atoms with Crippen molar-refractivity contribution >= 4 is 34.3 Å². The summed E-state index contributed by atoms with van der Waals surface area (Å²) in [6.45, 7) is 7.54. The molecule has 34 heavy (non-hydrogen) atoms. The Kier molecular flexibility index (Phi) is 8.64. The summed E-state index contributed by atoms with van der Waals surface area (Å²) in [5, 5.41) is 11.2. The van der Waals surface area contributed by atoms with Crippen molar-refractivity contribution in [2.45, 2.75) is 52.7 Å². The number of rotatable bonds is 12. The highest BCUT2D eigenvalue weighted by Crippen LogP contribution is 2.33. The number of ether oxygens (including phenoxy) is 2. The van der Waals surface area contributed by atoms with Crippen LogP contribution < -0.4 is 10.6 Å². The Morgan fingerprint density at radius 1 is 1.15 bits per heavy atom. The van der Waals surface area contributed by atoms with E-state index in [2.05, 4.69) is 41.5 Å². The van der Waals surface area contributed by atoms with Gasteiger partial charge in [0.2, 0.25) is 5.91 Å². The molecule has 0 fully saturated rings. The van der Waals surface area contributed by atoms with E-state index >= 15 is 0 Å². The number of nitrogens with one attached hydrogen (secondary N) is 2. The molecule has 10 heteroatoms. The molecule has 0 bridgehead atoms. The van der Waals surface area contributed by atoms with Gasteiger partial charge in [-0.25, -0.2) is 9.78 Å². The van der Waals surface area contributed by atoms with Crippen LogP contribution in [0.25, 0.3) is 11.0 Å². The summed E-state index contributed by atoms with van der Waals surface area (Å²) in [7, 11) is 2.77. The maximum absolute atomic E-state index is 12.8. The van der Waals surface area contributed by atoms with Gasteiger partial charge in [-0.1, -0.05) is 13.8 Å². The van der Waals surface area contributed by atoms with Gasteiger partial charge in [-0.05, 0) is 37.8 Å². The van der Waals surface area contributed by atoms with Crippen LogP contribution in [0.1, 0.15) is 44.1 Å². The molecule has 2 N–H and O–H groups in total. The molecule has 0 saturated heterocycles. The first-order valence-corrected chi connectivity index (χ1v) is 11.5. The van der Waals surface area contributed by atoms with Crippen molar-refractivity contribution in [3.05, 3.63) is 36.4 Å². The number of nitrogens with zero attached hydrogens (tertiary/aromatic N) is 4. The molecular weight excluding hydrogens is 436 g/mol. The minimum absolute atomic E-state index is 0.130. The van der Waals surface area contributed by atoms with Crippen LogP contribution in [-0.2, 0) is 27.4 Å². The highest BCUT2D eigenvalue weighted by molar-refractivity contribution is 6.11. The van der Waals surface area contributed by atoms with Gasteiger partial charge in [-0.15, -0.1) is 0 Å². The Hall–Kier alpha value is -3.40. The van der Waals surface area contributed by atoms with E-state index in [-0.39, 0.29) is 24.2 Å². The molecule has 10 nitrogen and oxygen atoms in total. The van der Waals surface area contributed by atoms with Gasteiger partial charge >= 0.3 is 5.97 Å². The summed E-state index contributed by atoms with van der Waals surface area (Å²) >= 11 is 0. The first-order valence-electron chi connectivity index (χ1n) is 11.5. The lowest BCUT2D eigenvalue weighted by molar-refractivity contribution is -0.119. The minimum atomic E-state index is -0.531. The lowest BCUT2D eigenvalue weighted by atomic mass is 10.1. The molecule has 1 unspecified atom stereocenters. The Labute approximate surface area is 199 Å². The third-order valence-corrected chi connectivity index (χ3v) is 5.51. The number of esters is 1. The zero-order valence-electron chi connectivity index (χ0n) is 20.5. The number of fused-ring (bicyclic) bond motifs is 1. The maximum atomic E-state index is 12.8. The average molecular weight is 471 g/mol. The average Bonchev–Trinajstić information content (AvgIpc) is 3.42. The van der Waals surface area contributed by atoms with Crippen LogP contribution in [0.3, 0.4) is 0 Å². The predicted molar refractivity (Wildman–Crippen MR) is 131 cm³/mol. The normalized spacial score (nSPS) is 12.2. The highest BCUT2D eigenvalue weighted by Gasteiger charge is 2.26. The molecule has 1 amide bonds. The molecule has 1 atom stereocenters. The molecular formula is C24H34N6O4. The fourth-order valence-electron chi connectivity index (χ4n) is 3.77. The van der Waals surface area contributed by atoms with Crippen LogP contribution in [0.2, 0.25) is 0 Å². The predicted octanol–water partition coefficient (Wildman–Crippen LogP) is 3.54. The van der Waals surface area contributed by atoms with Crippen LogP contribution in [0.4, 0.5) is 11.4 Å². The second-order valence-electron chi connectivity index (χ2n) is 8.73. The molecule has 0 saturated carbocycles. The second kappa shape index (κ2) is 11.6. The number of anilines is 2. The van der Waals surface area contributed by atoms with E-state index in [0.717, 1.165) is 25.1 Å². The van der Waals surface area contributed by atoms with E-state index in [1.54, 1.807) is 12.4 Å². The first-order chi connectivity index (χ1) is 16.3. The third-order valence-electron chi connectivity index (χ3n) is 5.51. The number of hydrogen-bond acceptors (Lipinski definition) is 7. The lowest BCUT2D eigenvalue weighted by Crippen LogP contribution is -2.20. The Morgan fingerprint density at radius 3 is 2.59 bits per heavy atom. The fourth-order valence-corrected chi connectivity index (χ4v) is 3.77. The molecule has 3 heterocycles. The molecule has 3 aromatic heterocycles. The van der Waals surface area contributed by atoms with Crippen molar-refractivity contribution in [1.29, 1.82) is 0 Å². The molecule has 0 aliphatic carbocycles. The van der Waals surface area contributed by atoms with Crippen molar-refractivity contribution < 1.29 is 19.1 Å². The van der Waals surface area contributed by atoms with Gasteiger partial charge in [0.15, 0.2) is 5.69 Å². The van der Waals surface area contributed by atoms with Gasteiger partial charge in [0.05, 0.1) is 24.7 Å². The minimum Gasteiger partial charge on any atom is -0.464 e. The largest absolute Gasteiger partial charge is 0.464 e. The summed E-state index contributed by atoms with van der Waals surface area (Å²) < 4.78 is 13.7. The van der Waals surface area contributed by atoms with Gasteiger partial charge in [0, 0.05) is 44.0 Å². The first kappa shape index (κ1) is 25.2. The molecule has 3 rings (SSSR count). The second-order valence-corrected chi connectivity index (χ2v) is 8.73. The maximum Gasteiger partial charge on any atom is 0.356 e. The van der Waals surface area contributed by atoms with Crippen LogP contribution in [0, 0.1) is 5.92 Å². The molecule has 0 spiro atoms. The SMILES string of the molecule is COCC(=O)Nc1c(C(=O)OC)n(CCC(C)C)c2ncc(NC(C)CCn3cccn3)cc12. The third kappa shape index (κ3) is 6.13. The molecule has 0 radical (unpaired) electrons. The van der Waals surface area contributed by atoms with Gasteiger partial charge < -0.3 is 24.7 Å². The number of methoxy groups -OCH3 is 2. The van der Waals surface area contributed by atoms with Crippen molar-refractivity contribution in [1.82, 2.24) is 19.3 Å². The fraction of sp³-hybridized carbons (Fsp3) is 0.500. The molecule has 0 aliphatic rings. The number of carbonyl (C=O) groups is 2. The standard InChI is InChI=1S/C24H34N6O4/c1-16(2)7-12-30-22(24(32)34-5)21(28-20(31)15-33-4)19-13-18(14-25-23(19)30)27-17(3)8-11-29-10-6-9-26-29/h6,9-10,13-14,16-17,27H,7-8,11-12,15H2,1-5H3,(H,28,31). The van der Waals surface area contributed by atoms with Crippen molar-refractivity contribution in [3.8, 4) is 0 Å². The summed E-state index contributed by atoms with van der Waals surface area (Å²) in [4.78, 5) is 29.9. The van der Waals surface area contributed by atoms with E-state index in [9.17, 15) is 9.59 Å². The van der Waals surface area contributed by atoms with Crippen molar-refractivity contribution in [3.63, 3.8) is 0 Å². The number of aryl methyl sites for hydroxylation is 2. The lowest BCUT2D eigenvalue weighted by Gasteiger charge is -2.15. The highest BCUT2D eigenvalue weighted by atomic mass is 16.5. The Morgan fingerprint density at radius 2 is 1.94 bits per heavy atom. The van der Waals surface area contributed by atoms with E-state index in [1.165, 1.54) is 14.2 Å². The van der Waals surface area contributed by atoms with Crippen LogP contribution >= 0.6 is 0 Å². The van der Waals surface area contributed by atoms with E-state index in [4.69, 9.17) is 9.47 Å². The zero-order valence-corrected chi connectivity index (χ0v) is 20.5. The summed E-state index contributed by atoms with van der Waals surface area (Å²) in [6.07, 6.45) is 7.15. The summed E-state index contributed by atoms with van der Waals surface area (Å²) in [5.74, 6) is -0.468. The topological polar surface area (TPSA) is 112 Å². The Bertz CT molecular complexity index is 1110. The quantitative estimate of drug-likeness (QED) is 0.389. The number of hydrogen-bond donors (Lipinski definition) is 2. The van der Waals surface area contributed by atoms with Gasteiger partial charge in [0.25, 0.3) is 0 Å². The molecule has 3 aromatic rings. The number of carbonyl (C=O) groups excluding carboxylic acids is 2. The van der Waals surface area contributed by atoms with E-state index in [1.807, 2.05) is 27.6 Å². The van der Waals surface area contributed by atoms with Crippen molar-refractivity contribution in [2.75, 3.05) is 31.5 Å². The number of aromatic nitrogens is 4. The van der Waals surface area contributed by atoms with Gasteiger partial charge in [-0.2, -0.15) is 5.10 Å². The summed E-state index contributed by atoms with van der Waals surface area (Å²) in [6, 6.07) is 3.96. The zero-order chi connectivity index (χ0) is 24.7. The van der Waals surface area contributed by atoms with Gasteiger partial charge in [0.1, 0.15) is 12.3 Å². The van der Waals surface area contributed by atoms with Gasteiger partial charge in [-0.3, -0.25) is 9.48 Å². The molecule has 184 valence electrons. The van der Waals surface area contributed by atoms with Crippen LogP contribution in [-0.4, -0.2) is 58.1 Å². The van der Waals surface area contributed by atoms with Crippen molar-refractivity contribution in [2.24, 2.45) is 5.92 Å². The monoisotopic (exact) mass is 470 g/mol. The summed E-state index contributed by atoms with van der Waals surface area (Å²) in [5.41, 5.74) is 2.07. The number of pyridine rings is 1. The molecule has 0 aliphatic heterocycles. The van der Waals surface area contributed by atoms with E-state index < -0.39 is 5.97 Å². The van der Waals surface area contributed by atoms with E-state index in [0.29, 0.717) is 29.2 Å². The smallest absolute Gasteiger partial charge is 0.356 e. The van der Waals surface area contributed by atoms with Crippen LogP contribution in [0.5, 0.6) is 0 Å².